The molecule has 0 aromatic carbocycles. The van der Waals surface area contributed by atoms with Gasteiger partial charge in [-0.05, 0) is 25.7 Å². The molecule has 1 aliphatic rings. The zero-order chi connectivity index (χ0) is 16.1. The minimum Gasteiger partial charge on any atom is -0.392 e. The van der Waals surface area contributed by atoms with Gasteiger partial charge < -0.3 is 20.8 Å². The molecule has 1 heterocycles. The molecule has 0 radical (unpaired) electrons. The Balaban J connectivity index is 2.05. The summed E-state index contributed by atoms with van der Waals surface area (Å²) in [7, 11) is 0. The second kappa shape index (κ2) is 7.26. The fourth-order valence-electron chi connectivity index (χ4n) is 2.59. The van der Waals surface area contributed by atoms with Crippen molar-refractivity contribution in [3.8, 4) is 0 Å². The summed E-state index contributed by atoms with van der Waals surface area (Å²) in [6.45, 7) is 2.75. The first-order chi connectivity index (χ1) is 10.5. The highest BCUT2D eigenvalue weighted by molar-refractivity contribution is 5.97. The van der Waals surface area contributed by atoms with Crippen LogP contribution < -0.4 is 22.3 Å². The zero-order valence-electron chi connectivity index (χ0n) is 12.6. The molecule has 0 unspecified atom stereocenters. The number of ether oxygens (including phenoxy) is 1. The van der Waals surface area contributed by atoms with E-state index in [0.717, 1.165) is 32.1 Å². The summed E-state index contributed by atoms with van der Waals surface area (Å²) >= 11 is 0. The first-order valence-electron chi connectivity index (χ1n) is 7.57. The Morgan fingerprint density at radius 3 is 2.86 bits per heavy atom. The van der Waals surface area contributed by atoms with Crippen molar-refractivity contribution in [2.75, 3.05) is 12.3 Å². The number of nitrogens with two attached hydrogens (primary N) is 1. The number of amides is 1. The lowest BCUT2D eigenvalue weighted by Gasteiger charge is -2.21. The quantitative estimate of drug-likeness (QED) is 0.554. The average Bonchev–Trinajstić information content (AvgIpc) is 2.90. The van der Waals surface area contributed by atoms with Gasteiger partial charge in [0.1, 0.15) is 11.4 Å². The van der Waals surface area contributed by atoms with E-state index in [1.165, 1.54) is 0 Å². The number of carbonyl (C=O) groups excluding carboxylic acids is 1. The monoisotopic (exact) mass is 310 g/mol. The van der Waals surface area contributed by atoms with Gasteiger partial charge in [-0.3, -0.25) is 14.6 Å². The summed E-state index contributed by atoms with van der Waals surface area (Å²) in [5.41, 5.74) is 3.53. The van der Waals surface area contributed by atoms with E-state index in [9.17, 15) is 14.4 Å². The van der Waals surface area contributed by atoms with E-state index in [0.29, 0.717) is 6.61 Å². The Morgan fingerprint density at radius 2 is 2.14 bits per heavy atom. The van der Waals surface area contributed by atoms with Crippen LogP contribution in [0.4, 0.5) is 5.69 Å². The van der Waals surface area contributed by atoms with Crippen LogP contribution in [0.2, 0.25) is 0 Å². The molecule has 2 atom stereocenters. The van der Waals surface area contributed by atoms with E-state index >= 15 is 0 Å². The van der Waals surface area contributed by atoms with E-state index in [-0.39, 0.29) is 23.5 Å². The molecule has 2 rings (SSSR count). The SMILES string of the molecule is CCCCO[C@@H]1CCC[C@H]1NC(=O)c1[nH]c(=O)[nH]c(=O)c1N. The third-order valence-corrected chi connectivity index (χ3v) is 3.81. The summed E-state index contributed by atoms with van der Waals surface area (Å²) in [5.74, 6) is -0.559. The second-order valence-electron chi connectivity index (χ2n) is 5.47. The van der Waals surface area contributed by atoms with E-state index in [1.807, 2.05) is 4.98 Å². The topological polar surface area (TPSA) is 130 Å². The Labute approximate surface area is 127 Å². The van der Waals surface area contributed by atoms with Crippen LogP contribution >= 0.6 is 0 Å². The van der Waals surface area contributed by atoms with Crippen molar-refractivity contribution in [3.05, 3.63) is 26.5 Å². The maximum absolute atomic E-state index is 12.2. The molecule has 0 spiro atoms. The Bertz CT molecular complexity index is 636. The van der Waals surface area contributed by atoms with Gasteiger partial charge >= 0.3 is 5.69 Å². The van der Waals surface area contributed by atoms with Crippen LogP contribution in [0.15, 0.2) is 9.59 Å². The molecule has 0 aliphatic heterocycles. The summed E-state index contributed by atoms with van der Waals surface area (Å²) in [5, 5.41) is 2.80. The highest BCUT2D eigenvalue weighted by atomic mass is 16.5. The van der Waals surface area contributed by atoms with Gasteiger partial charge in [-0.1, -0.05) is 13.3 Å². The minimum atomic E-state index is -0.768. The molecule has 1 aromatic rings. The van der Waals surface area contributed by atoms with Gasteiger partial charge in [0.25, 0.3) is 11.5 Å². The lowest BCUT2D eigenvalue weighted by molar-refractivity contribution is 0.0366. The molecule has 122 valence electrons. The summed E-state index contributed by atoms with van der Waals surface area (Å²) in [6, 6.07) is -0.133. The number of H-pyrrole nitrogens is 2. The molecule has 0 bridgehead atoms. The number of unbranched alkanes of at least 4 members (excludes halogenated alkanes) is 1. The molecule has 1 aliphatic carbocycles. The lowest BCUT2D eigenvalue weighted by Crippen LogP contribution is -2.43. The van der Waals surface area contributed by atoms with Crippen molar-refractivity contribution in [2.24, 2.45) is 0 Å². The van der Waals surface area contributed by atoms with Crippen LogP contribution in [-0.2, 0) is 4.74 Å². The summed E-state index contributed by atoms with van der Waals surface area (Å²) in [4.78, 5) is 39.2. The van der Waals surface area contributed by atoms with Crippen molar-refractivity contribution < 1.29 is 9.53 Å². The summed E-state index contributed by atoms with van der Waals surface area (Å²) < 4.78 is 5.78. The van der Waals surface area contributed by atoms with Crippen LogP contribution in [0.1, 0.15) is 49.5 Å². The number of anilines is 1. The van der Waals surface area contributed by atoms with Crippen molar-refractivity contribution in [2.45, 2.75) is 51.2 Å². The number of nitrogen functional groups attached to an aromatic ring is 1. The number of aromatic nitrogens is 2. The van der Waals surface area contributed by atoms with Crippen molar-refractivity contribution in [3.63, 3.8) is 0 Å². The van der Waals surface area contributed by atoms with Crippen molar-refractivity contribution in [1.29, 1.82) is 0 Å². The molecule has 5 N–H and O–H groups in total. The fraction of sp³-hybridized carbons (Fsp3) is 0.643. The third kappa shape index (κ3) is 3.76. The average molecular weight is 310 g/mol. The predicted molar refractivity (Wildman–Crippen MR) is 81.8 cm³/mol. The third-order valence-electron chi connectivity index (χ3n) is 3.81. The lowest BCUT2D eigenvalue weighted by atomic mass is 10.2. The van der Waals surface area contributed by atoms with E-state index < -0.39 is 17.2 Å². The number of carbonyl (C=O) groups is 1. The maximum Gasteiger partial charge on any atom is 0.326 e. The van der Waals surface area contributed by atoms with Gasteiger partial charge in [0, 0.05) is 6.61 Å². The van der Waals surface area contributed by atoms with Crippen LogP contribution in [0.25, 0.3) is 0 Å². The van der Waals surface area contributed by atoms with E-state index in [4.69, 9.17) is 10.5 Å². The van der Waals surface area contributed by atoms with Gasteiger partial charge in [0.2, 0.25) is 0 Å². The maximum atomic E-state index is 12.2. The van der Waals surface area contributed by atoms with Crippen LogP contribution in [-0.4, -0.2) is 34.6 Å². The van der Waals surface area contributed by atoms with Crippen molar-refractivity contribution in [1.82, 2.24) is 15.3 Å². The van der Waals surface area contributed by atoms with Gasteiger partial charge in [0.05, 0.1) is 12.1 Å². The largest absolute Gasteiger partial charge is 0.392 e. The summed E-state index contributed by atoms with van der Waals surface area (Å²) in [6.07, 6.45) is 4.64. The number of aromatic amines is 2. The molecule has 1 saturated carbocycles. The predicted octanol–water partition coefficient (Wildman–Crippen LogP) is 0.113. The highest BCUT2D eigenvalue weighted by Gasteiger charge is 2.30. The fourth-order valence-corrected chi connectivity index (χ4v) is 2.59. The van der Waals surface area contributed by atoms with Gasteiger partial charge in [0.15, 0.2) is 0 Å². The second-order valence-corrected chi connectivity index (χ2v) is 5.47. The molecule has 8 nitrogen and oxygen atoms in total. The molecule has 1 aromatic heterocycles. The smallest absolute Gasteiger partial charge is 0.326 e. The minimum absolute atomic E-state index is 0.0366. The Hall–Kier alpha value is -2.09. The first-order valence-corrected chi connectivity index (χ1v) is 7.57. The standard InChI is InChI=1S/C14H22N4O4/c1-2-3-7-22-9-6-4-5-8(9)16-13(20)11-10(15)12(19)18-14(21)17-11/h8-9H,2-7,15H2,1H3,(H,16,20)(H2,17,18,19,21)/t8-,9-/m1/s1. The Kier molecular flexibility index (Phi) is 5.37. The molecule has 0 saturated heterocycles. The van der Waals surface area contributed by atoms with Crippen LogP contribution in [0, 0.1) is 0 Å². The molecule has 1 fully saturated rings. The van der Waals surface area contributed by atoms with Crippen molar-refractivity contribution >= 4 is 11.6 Å². The van der Waals surface area contributed by atoms with Gasteiger partial charge in [-0.2, -0.15) is 0 Å². The van der Waals surface area contributed by atoms with E-state index in [1.54, 1.807) is 0 Å². The zero-order valence-corrected chi connectivity index (χ0v) is 12.6. The number of nitrogens with one attached hydrogen (secondary N) is 3. The molecule has 8 heteroatoms. The van der Waals surface area contributed by atoms with Crippen LogP contribution in [0.3, 0.4) is 0 Å². The molecule has 1 amide bonds. The molecular formula is C14H22N4O4. The first kappa shape index (κ1) is 16.3. The van der Waals surface area contributed by atoms with Gasteiger partial charge in [-0.25, -0.2) is 4.79 Å². The Morgan fingerprint density at radius 1 is 1.36 bits per heavy atom. The number of rotatable bonds is 6. The number of hydrogen-bond acceptors (Lipinski definition) is 5. The number of hydrogen-bond donors (Lipinski definition) is 4. The normalized spacial score (nSPS) is 21.0. The highest BCUT2D eigenvalue weighted by Crippen LogP contribution is 2.22. The molecular weight excluding hydrogens is 288 g/mol. The molecule has 22 heavy (non-hydrogen) atoms. The van der Waals surface area contributed by atoms with Gasteiger partial charge in [-0.15, -0.1) is 0 Å². The van der Waals surface area contributed by atoms with Crippen LogP contribution in [0.5, 0.6) is 0 Å². The van der Waals surface area contributed by atoms with E-state index in [2.05, 4.69) is 17.2 Å².